The number of hydrogen-bond donors (Lipinski definition) is 2. The summed E-state index contributed by atoms with van der Waals surface area (Å²) in [5.74, 6) is -2.15. The molecule has 3 fully saturated rings. The topological polar surface area (TPSA) is 87.7 Å². The zero-order chi connectivity index (χ0) is 27.3. The highest BCUT2D eigenvalue weighted by molar-refractivity contribution is 6.03. The maximum Gasteiger partial charge on any atom is 0.246 e. The first-order valence-corrected chi connectivity index (χ1v) is 14.2. The molecule has 3 aliphatic heterocycles. The Hall–Kier alpha value is -3.45. The van der Waals surface area contributed by atoms with Crippen molar-refractivity contribution >= 4 is 23.4 Å². The lowest BCUT2D eigenvalue weighted by Gasteiger charge is -2.37. The molecule has 1 saturated carbocycles. The molecule has 2 aromatic rings. The summed E-state index contributed by atoms with van der Waals surface area (Å²) < 4.78 is 6.51. The third-order valence-electron chi connectivity index (χ3n) is 9.29. The molecule has 204 valence electrons. The fourth-order valence-corrected chi connectivity index (χ4v) is 7.09. The van der Waals surface area contributed by atoms with Crippen molar-refractivity contribution in [1.82, 2.24) is 10.2 Å². The van der Waals surface area contributed by atoms with Gasteiger partial charge in [0.05, 0.1) is 24.0 Å². The highest BCUT2D eigenvalue weighted by atomic mass is 16.5. The number of ether oxygens (including phenoxy) is 1. The van der Waals surface area contributed by atoms with Crippen LogP contribution in [0, 0.1) is 25.7 Å². The average Bonchev–Trinajstić information content (AvgIpc) is 3.58. The van der Waals surface area contributed by atoms with Crippen molar-refractivity contribution in [2.24, 2.45) is 11.8 Å². The van der Waals surface area contributed by atoms with E-state index in [9.17, 15) is 14.4 Å². The van der Waals surface area contributed by atoms with Crippen LogP contribution in [0.3, 0.4) is 0 Å². The van der Waals surface area contributed by atoms with E-state index in [1.165, 1.54) is 6.42 Å². The molecule has 3 heterocycles. The number of rotatable bonds is 6. The van der Waals surface area contributed by atoms with E-state index in [2.05, 4.69) is 10.6 Å². The van der Waals surface area contributed by atoms with Crippen LogP contribution in [0.5, 0.6) is 0 Å². The van der Waals surface area contributed by atoms with Crippen LogP contribution in [-0.4, -0.2) is 46.4 Å². The Morgan fingerprint density at radius 1 is 1.00 bits per heavy atom. The number of nitrogens with zero attached hydrogens (tertiary/aromatic N) is 1. The van der Waals surface area contributed by atoms with E-state index >= 15 is 0 Å². The van der Waals surface area contributed by atoms with Crippen molar-refractivity contribution in [1.29, 1.82) is 0 Å². The van der Waals surface area contributed by atoms with Gasteiger partial charge in [0.15, 0.2) is 0 Å². The van der Waals surface area contributed by atoms with Gasteiger partial charge >= 0.3 is 0 Å². The number of hydrogen-bond acceptors (Lipinski definition) is 4. The van der Waals surface area contributed by atoms with E-state index < -0.39 is 29.6 Å². The minimum absolute atomic E-state index is 0.0946. The van der Waals surface area contributed by atoms with Crippen LogP contribution in [0.4, 0.5) is 5.69 Å². The third kappa shape index (κ3) is 4.27. The number of carbonyl (C=O) groups is 3. The van der Waals surface area contributed by atoms with Gasteiger partial charge in [-0.2, -0.15) is 0 Å². The van der Waals surface area contributed by atoms with Gasteiger partial charge in [0.25, 0.3) is 0 Å². The average molecular weight is 528 g/mol. The highest BCUT2D eigenvalue weighted by Crippen LogP contribution is 2.56. The van der Waals surface area contributed by atoms with Crippen molar-refractivity contribution < 1.29 is 19.1 Å². The number of aryl methyl sites for hydroxylation is 2. The molecule has 2 N–H and O–H groups in total. The Labute approximate surface area is 230 Å². The molecule has 39 heavy (non-hydrogen) atoms. The second kappa shape index (κ2) is 9.94. The number of carbonyl (C=O) groups excluding carboxylic acids is 3. The van der Waals surface area contributed by atoms with Crippen LogP contribution < -0.4 is 10.6 Å². The first-order chi connectivity index (χ1) is 18.8. The van der Waals surface area contributed by atoms with E-state index in [4.69, 9.17) is 4.74 Å². The van der Waals surface area contributed by atoms with Crippen LogP contribution in [0.15, 0.2) is 60.7 Å². The molecule has 6 unspecified atom stereocenters. The van der Waals surface area contributed by atoms with Gasteiger partial charge in [0.1, 0.15) is 11.6 Å². The van der Waals surface area contributed by atoms with E-state index in [-0.39, 0.29) is 29.8 Å². The Kier molecular flexibility index (Phi) is 6.58. The fraction of sp³-hybridized carbons (Fsp3) is 0.469. The zero-order valence-corrected chi connectivity index (χ0v) is 22.9. The summed E-state index contributed by atoms with van der Waals surface area (Å²) in [4.78, 5) is 43.8. The van der Waals surface area contributed by atoms with Gasteiger partial charge in [-0.1, -0.05) is 67.8 Å². The molecule has 4 aliphatic rings. The predicted molar refractivity (Wildman–Crippen MR) is 149 cm³/mol. The second-order valence-electron chi connectivity index (χ2n) is 11.7. The molecule has 1 aliphatic carbocycles. The first kappa shape index (κ1) is 25.8. The third-order valence-corrected chi connectivity index (χ3v) is 9.29. The van der Waals surface area contributed by atoms with E-state index in [1.807, 2.05) is 81.5 Å². The summed E-state index contributed by atoms with van der Waals surface area (Å²) in [5.41, 5.74) is 2.67. The standard InChI is InChI=1S/C32H37N3O4/c1-19-14-15-24(18-20(19)2)34-29(36)26-25-16-17-32(39-25)27(26)31(38)35(21(3)22-10-6-4-7-11-22)28(32)30(37)33-23-12-8-5-9-13-23/h4,6-7,10-11,14-18,21,23,25-28H,5,8-9,12-13H2,1-3H3,(H,33,37)(H,34,36). The number of amides is 3. The van der Waals surface area contributed by atoms with Crippen LogP contribution in [-0.2, 0) is 19.1 Å². The maximum absolute atomic E-state index is 14.3. The Bertz CT molecular complexity index is 1320. The van der Waals surface area contributed by atoms with Crippen LogP contribution in [0.25, 0.3) is 0 Å². The zero-order valence-electron chi connectivity index (χ0n) is 22.9. The number of anilines is 1. The molecule has 0 radical (unpaired) electrons. The molecule has 6 atom stereocenters. The van der Waals surface area contributed by atoms with Gasteiger partial charge < -0.3 is 20.3 Å². The molecular formula is C32H37N3O4. The van der Waals surface area contributed by atoms with Gasteiger partial charge in [0, 0.05) is 11.7 Å². The summed E-state index contributed by atoms with van der Waals surface area (Å²) in [6, 6.07) is 14.4. The second-order valence-corrected chi connectivity index (χ2v) is 11.7. The Balaban J connectivity index is 1.35. The molecule has 7 heteroatoms. The molecule has 6 rings (SSSR count). The molecule has 2 saturated heterocycles. The fourth-order valence-electron chi connectivity index (χ4n) is 7.09. The van der Waals surface area contributed by atoms with Crippen LogP contribution in [0.1, 0.15) is 61.8 Å². The lowest BCUT2D eigenvalue weighted by atomic mass is 9.74. The lowest BCUT2D eigenvalue weighted by Crippen LogP contribution is -2.56. The normalized spacial score (nSPS) is 30.3. The first-order valence-electron chi connectivity index (χ1n) is 14.2. The molecule has 2 aromatic carbocycles. The van der Waals surface area contributed by atoms with E-state index in [0.29, 0.717) is 5.69 Å². The van der Waals surface area contributed by atoms with Gasteiger partial charge in [-0.25, -0.2) is 0 Å². The summed E-state index contributed by atoms with van der Waals surface area (Å²) in [6.45, 7) is 5.98. The smallest absolute Gasteiger partial charge is 0.246 e. The Morgan fingerprint density at radius 2 is 1.74 bits per heavy atom. The number of benzene rings is 2. The highest BCUT2D eigenvalue weighted by Gasteiger charge is 2.73. The largest absolute Gasteiger partial charge is 0.359 e. The maximum atomic E-state index is 14.3. The van der Waals surface area contributed by atoms with Crippen LogP contribution in [0.2, 0.25) is 0 Å². The van der Waals surface area contributed by atoms with Crippen molar-refractivity contribution in [2.75, 3.05) is 5.32 Å². The quantitative estimate of drug-likeness (QED) is 0.538. The van der Waals surface area contributed by atoms with Crippen molar-refractivity contribution in [3.63, 3.8) is 0 Å². The SMILES string of the molecule is Cc1ccc(NC(=O)C2C3C=CC4(O3)C2C(=O)N(C(C)c2ccccc2)C4C(=O)NC2CCCCC2)cc1C. The van der Waals surface area contributed by atoms with Crippen LogP contribution >= 0.6 is 0 Å². The molecule has 1 spiro atoms. The Morgan fingerprint density at radius 3 is 2.46 bits per heavy atom. The summed E-state index contributed by atoms with van der Waals surface area (Å²) >= 11 is 0. The number of likely N-dealkylation sites (tertiary alicyclic amines) is 1. The molecule has 0 aromatic heterocycles. The van der Waals surface area contributed by atoms with Gasteiger partial charge in [-0.15, -0.1) is 0 Å². The molecule has 2 bridgehead atoms. The lowest BCUT2D eigenvalue weighted by molar-refractivity contribution is -0.143. The number of fused-ring (bicyclic) bond motifs is 1. The van der Waals surface area contributed by atoms with Crippen molar-refractivity contribution in [3.8, 4) is 0 Å². The molecular weight excluding hydrogens is 490 g/mol. The summed E-state index contributed by atoms with van der Waals surface area (Å²) in [7, 11) is 0. The predicted octanol–water partition coefficient (Wildman–Crippen LogP) is 4.60. The van der Waals surface area contributed by atoms with Crippen molar-refractivity contribution in [2.45, 2.75) is 82.7 Å². The monoisotopic (exact) mass is 527 g/mol. The van der Waals surface area contributed by atoms with Gasteiger partial charge in [0.2, 0.25) is 17.7 Å². The minimum Gasteiger partial charge on any atom is -0.359 e. The van der Waals surface area contributed by atoms with Gasteiger partial charge in [-0.05, 0) is 62.4 Å². The van der Waals surface area contributed by atoms with Crippen molar-refractivity contribution in [3.05, 3.63) is 77.4 Å². The minimum atomic E-state index is -1.17. The summed E-state index contributed by atoms with van der Waals surface area (Å²) in [5, 5.41) is 6.28. The van der Waals surface area contributed by atoms with E-state index in [1.54, 1.807) is 4.90 Å². The summed E-state index contributed by atoms with van der Waals surface area (Å²) in [6.07, 6.45) is 8.44. The molecule has 7 nitrogen and oxygen atoms in total. The number of nitrogens with one attached hydrogen (secondary N) is 2. The molecule has 3 amide bonds. The van der Waals surface area contributed by atoms with Gasteiger partial charge in [-0.3, -0.25) is 14.4 Å². The van der Waals surface area contributed by atoms with E-state index in [0.717, 1.165) is 42.4 Å².